The summed E-state index contributed by atoms with van der Waals surface area (Å²) in [4.78, 5) is 11.8. The average molecular weight is 283 g/mol. The molecule has 2 aliphatic carbocycles. The quantitative estimate of drug-likeness (QED) is 0.787. The summed E-state index contributed by atoms with van der Waals surface area (Å²) in [6, 6.07) is 0. The largest absolute Gasteiger partial charge is 0.465 e. The first-order valence-corrected chi connectivity index (χ1v) is 7.73. The molecule has 4 unspecified atom stereocenters. The zero-order valence-electron chi connectivity index (χ0n) is 13.5. The van der Waals surface area contributed by atoms with Crippen LogP contribution in [0, 0.1) is 16.7 Å². The van der Waals surface area contributed by atoms with Crippen molar-refractivity contribution >= 4 is 5.97 Å². The summed E-state index contributed by atoms with van der Waals surface area (Å²) < 4.78 is 11.1. The lowest BCUT2D eigenvalue weighted by atomic mass is 9.70. The van der Waals surface area contributed by atoms with Crippen LogP contribution in [0.5, 0.6) is 0 Å². The summed E-state index contributed by atoms with van der Waals surface area (Å²) in [5.74, 6) is 0.344. The maximum atomic E-state index is 11.8. The SMILES string of the molecule is CCOC(=O)C(C)(N)COC1CC2CCC1(C)C2(C)C. The molecule has 0 radical (unpaired) electrons. The minimum absolute atomic E-state index is 0.197. The van der Waals surface area contributed by atoms with E-state index >= 15 is 0 Å². The first-order valence-electron chi connectivity index (χ1n) is 7.73. The summed E-state index contributed by atoms with van der Waals surface area (Å²) in [7, 11) is 0. The highest BCUT2D eigenvalue weighted by molar-refractivity contribution is 5.80. The topological polar surface area (TPSA) is 61.5 Å². The fourth-order valence-electron chi connectivity index (χ4n) is 4.01. The van der Waals surface area contributed by atoms with Crippen LogP contribution < -0.4 is 5.73 Å². The van der Waals surface area contributed by atoms with Crippen molar-refractivity contribution < 1.29 is 14.3 Å². The molecule has 2 saturated carbocycles. The Bertz CT molecular complexity index is 391. The zero-order chi connectivity index (χ0) is 15.2. The maximum Gasteiger partial charge on any atom is 0.328 e. The molecular formula is C16H29NO3. The standard InChI is InChI=1S/C16H29NO3/c1-6-19-13(18)16(5,17)10-20-12-9-11-7-8-15(12,4)14(11,2)3/h11-12H,6-10,17H2,1-5H3. The predicted octanol–water partition coefficient (Wildman–Crippen LogP) is 2.50. The molecule has 20 heavy (non-hydrogen) atoms. The summed E-state index contributed by atoms with van der Waals surface area (Å²) >= 11 is 0. The number of nitrogens with two attached hydrogens (primary N) is 1. The third-order valence-electron chi connectivity index (χ3n) is 6.04. The monoisotopic (exact) mass is 283 g/mol. The number of carbonyl (C=O) groups is 1. The lowest BCUT2D eigenvalue weighted by Gasteiger charge is -2.39. The number of hydrogen-bond donors (Lipinski definition) is 1. The van der Waals surface area contributed by atoms with Gasteiger partial charge in [0, 0.05) is 0 Å². The number of ether oxygens (including phenoxy) is 2. The molecule has 4 heteroatoms. The van der Waals surface area contributed by atoms with Crippen LogP contribution in [-0.4, -0.2) is 30.8 Å². The Morgan fingerprint density at radius 2 is 2.05 bits per heavy atom. The first kappa shape index (κ1) is 15.8. The molecule has 0 aromatic carbocycles. The summed E-state index contributed by atoms with van der Waals surface area (Å²) in [6.45, 7) is 11.1. The van der Waals surface area contributed by atoms with Gasteiger partial charge in [-0.2, -0.15) is 0 Å². The third-order valence-corrected chi connectivity index (χ3v) is 6.04. The molecule has 2 bridgehead atoms. The maximum absolute atomic E-state index is 11.8. The van der Waals surface area contributed by atoms with E-state index in [-0.39, 0.29) is 24.1 Å². The fraction of sp³-hybridized carbons (Fsp3) is 0.938. The Kier molecular flexibility index (Phi) is 3.93. The van der Waals surface area contributed by atoms with Crippen molar-refractivity contribution in [3.05, 3.63) is 0 Å². The molecular weight excluding hydrogens is 254 g/mol. The number of rotatable bonds is 5. The molecule has 0 saturated heterocycles. The van der Waals surface area contributed by atoms with Crippen LogP contribution in [-0.2, 0) is 14.3 Å². The van der Waals surface area contributed by atoms with E-state index in [1.165, 1.54) is 12.8 Å². The van der Waals surface area contributed by atoms with Gasteiger partial charge < -0.3 is 15.2 Å². The van der Waals surface area contributed by atoms with Crippen molar-refractivity contribution in [2.75, 3.05) is 13.2 Å². The Hall–Kier alpha value is -0.610. The van der Waals surface area contributed by atoms with Gasteiger partial charge in [0.15, 0.2) is 0 Å². The van der Waals surface area contributed by atoms with E-state index in [9.17, 15) is 4.79 Å². The van der Waals surface area contributed by atoms with Crippen LogP contribution >= 0.6 is 0 Å². The highest BCUT2D eigenvalue weighted by atomic mass is 16.5. The van der Waals surface area contributed by atoms with Crippen molar-refractivity contribution in [2.45, 2.75) is 65.5 Å². The number of fused-ring (bicyclic) bond motifs is 2. The predicted molar refractivity (Wildman–Crippen MR) is 78.2 cm³/mol. The minimum Gasteiger partial charge on any atom is -0.465 e. The van der Waals surface area contributed by atoms with Crippen LogP contribution in [0.2, 0.25) is 0 Å². The van der Waals surface area contributed by atoms with Crippen LogP contribution in [0.15, 0.2) is 0 Å². The molecule has 116 valence electrons. The molecule has 4 nitrogen and oxygen atoms in total. The van der Waals surface area contributed by atoms with Gasteiger partial charge in [-0.1, -0.05) is 20.8 Å². The molecule has 2 rings (SSSR count). The Morgan fingerprint density at radius 3 is 2.50 bits per heavy atom. The Balaban J connectivity index is 1.98. The Morgan fingerprint density at radius 1 is 1.40 bits per heavy atom. The van der Waals surface area contributed by atoms with Gasteiger partial charge in [0.05, 0.1) is 19.3 Å². The van der Waals surface area contributed by atoms with Gasteiger partial charge in [-0.25, -0.2) is 4.79 Å². The highest BCUT2D eigenvalue weighted by Gasteiger charge is 2.62. The van der Waals surface area contributed by atoms with E-state index in [4.69, 9.17) is 15.2 Å². The molecule has 0 heterocycles. The zero-order valence-corrected chi connectivity index (χ0v) is 13.5. The van der Waals surface area contributed by atoms with Crippen molar-refractivity contribution in [2.24, 2.45) is 22.5 Å². The molecule has 0 aliphatic heterocycles. The lowest BCUT2D eigenvalue weighted by molar-refractivity contribution is -0.154. The van der Waals surface area contributed by atoms with E-state index < -0.39 is 5.54 Å². The van der Waals surface area contributed by atoms with Crippen LogP contribution in [0.25, 0.3) is 0 Å². The molecule has 4 atom stereocenters. The highest BCUT2D eigenvalue weighted by Crippen LogP contribution is 2.66. The van der Waals surface area contributed by atoms with E-state index in [0.29, 0.717) is 12.0 Å². The molecule has 2 fully saturated rings. The van der Waals surface area contributed by atoms with E-state index in [0.717, 1.165) is 12.3 Å². The second-order valence-electron chi connectivity index (χ2n) is 7.55. The van der Waals surface area contributed by atoms with Crippen molar-refractivity contribution in [1.82, 2.24) is 0 Å². The van der Waals surface area contributed by atoms with E-state index in [1.807, 2.05) is 0 Å². The van der Waals surface area contributed by atoms with Gasteiger partial charge in [0.2, 0.25) is 0 Å². The number of hydrogen-bond acceptors (Lipinski definition) is 4. The second kappa shape index (κ2) is 4.99. The minimum atomic E-state index is -1.06. The summed E-state index contributed by atoms with van der Waals surface area (Å²) in [5, 5.41) is 0. The van der Waals surface area contributed by atoms with Crippen LogP contribution in [0.1, 0.15) is 53.9 Å². The van der Waals surface area contributed by atoms with E-state index in [1.54, 1.807) is 13.8 Å². The molecule has 0 aromatic rings. The molecule has 2 N–H and O–H groups in total. The van der Waals surface area contributed by atoms with Crippen LogP contribution in [0.4, 0.5) is 0 Å². The van der Waals surface area contributed by atoms with Crippen LogP contribution in [0.3, 0.4) is 0 Å². The normalized spacial score (nSPS) is 37.7. The summed E-state index contributed by atoms with van der Waals surface area (Å²) in [5.41, 5.74) is 5.49. The van der Waals surface area contributed by atoms with Gasteiger partial charge in [-0.3, -0.25) is 0 Å². The van der Waals surface area contributed by atoms with Crippen molar-refractivity contribution in [3.8, 4) is 0 Å². The van der Waals surface area contributed by atoms with Gasteiger partial charge in [0.25, 0.3) is 0 Å². The molecule has 0 spiro atoms. The van der Waals surface area contributed by atoms with Crippen molar-refractivity contribution in [1.29, 1.82) is 0 Å². The molecule has 0 aromatic heterocycles. The van der Waals surface area contributed by atoms with Gasteiger partial charge >= 0.3 is 5.97 Å². The number of carbonyl (C=O) groups excluding carboxylic acids is 1. The molecule has 2 aliphatic rings. The van der Waals surface area contributed by atoms with E-state index in [2.05, 4.69) is 20.8 Å². The average Bonchev–Trinajstić information content (AvgIpc) is 2.69. The first-order chi connectivity index (χ1) is 9.15. The molecule has 0 amide bonds. The smallest absolute Gasteiger partial charge is 0.328 e. The summed E-state index contributed by atoms with van der Waals surface area (Å²) in [6.07, 6.45) is 3.79. The third kappa shape index (κ3) is 2.27. The van der Waals surface area contributed by atoms with Gasteiger partial charge in [0.1, 0.15) is 5.54 Å². The second-order valence-corrected chi connectivity index (χ2v) is 7.55. The van der Waals surface area contributed by atoms with Gasteiger partial charge in [-0.05, 0) is 49.9 Å². The number of esters is 1. The fourth-order valence-corrected chi connectivity index (χ4v) is 4.01. The van der Waals surface area contributed by atoms with Crippen molar-refractivity contribution in [3.63, 3.8) is 0 Å². The Labute approximate surface area is 122 Å². The lowest BCUT2D eigenvalue weighted by Crippen LogP contribution is -2.52. The van der Waals surface area contributed by atoms with Gasteiger partial charge in [-0.15, -0.1) is 0 Å².